The van der Waals surface area contributed by atoms with Gasteiger partial charge in [-0.25, -0.2) is 0 Å². The van der Waals surface area contributed by atoms with Gasteiger partial charge in [-0.1, -0.05) is 88.1 Å². The smallest absolute Gasteiger partial charge is 0.305 e. The van der Waals surface area contributed by atoms with Crippen LogP contribution in [0.5, 0.6) is 11.5 Å². The first-order valence-corrected chi connectivity index (χ1v) is 26.7. The van der Waals surface area contributed by atoms with Gasteiger partial charge in [0, 0.05) is 42.5 Å². The number of ether oxygens (including phenoxy) is 4. The molecule has 2 fully saturated rings. The van der Waals surface area contributed by atoms with Crippen LogP contribution < -0.4 is 9.47 Å². The van der Waals surface area contributed by atoms with Gasteiger partial charge in [0.1, 0.15) is 24.7 Å². The molecule has 0 radical (unpaired) electrons. The number of hydrogen-bond acceptors (Lipinski definition) is 10. The van der Waals surface area contributed by atoms with Gasteiger partial charge in [0.25, 0.3) is 11.4 Å². The maximum absolute atomic E-state index is 13.3. The number of nitro benzene ring substituents is 2. The van der Waals surface area contributed by atoms with Crippen LogP contribution in [-0.2, 0) is 31.9 Å². The van der Waals surface area contributed by atoms with Crippen molar-refractivity contribution in [2.24, 2.45) is 17.3 Å². The average molecular weight is 975 g/mol. The third kappa shape index (κ3) is 18.4. The molecule has 71 heavy (non-hydrogen) atoms. The van der Waals surface area contributed by atoms with Crippen LogP contribution in [-0.4, -0.2) is 48.2 Å². The van der Waals surface area contributed by atoms with E-state index in [9.17, 15) is 29.8 Å². The molecule has 2 aliphatic rings. The molecule has 0 amide bonds. The van der Waals surface area contributed by atoms with Crippen molar-refractivity contribution >= 4 is 23.3 Å². The first-order chi connectivity index (χ1) is 34.5. The highest BCUT2D eigenvalue weighted by Crippen LogP contribution is 2.39. The topological polar surface area (TPSA) is 157 Å². The van der Waals surface area contributed by atoms with E-state index in [4.69, 9.17) is 18.9 Å². The quantitative estimate of drug-likeness (QED) is 0.0213. The van der Waals surface area contributed by atoms with Gasteiger partial charge in [-0.05, 0) is 173 Å². The highest BCUT2D eigenvalue weighted by molar-refractivity contribution is 5.70. The Bertz CT molecular complexity index is 2050. The number of rotatable bonds is 30. The van der Waals surface area contributed by atoms with Crippen molar-refractivity contribution in [2.45, 2.75) is 167 Å². The normalized spacial score (nSPS) is 18.1. The molecule has 0 aliphatic heterocycles. The first-order valence-electron chi connectivity index (χ1n) is 26.7. The van der Waals surface area contributed by atoms with Gasteiger partial charge in [-0.15, -0.1) is 0 Å². The van der Waals surface area contributed by atoms with Gasteiger partial charge in [0.15, 0.2) is 0 Å². The van der Waals surface area contributed by atoms with Crippen molar-refractivity contribution in [1.82, 2.24) is 0 Å². The Hall–Kier alpha value is -5.78. The molecule has 6 rings (SSSR count). The fourth-order valence-corrected chi connectivity index (χ4v) is 10.8. The molecule has 2 saturated carbocycles. The summed E-state index contributed by atoms with van der Waals surface area (Å²) in [6.45, 7) is 5.41. The predicted molar refractivity (Wildman–Crippen MR) is 278 cm³/mol. The molecule has 0 spiro atoms. The average Bonchev–Trinajstić information content (AvgIpc) is 3.38. The largest absolute Gasteiger partial charge is 0.494 e. The Balaban J connectivity index is 0.982. The molecule has 12 heteroatoms. The number of non-ortho nitro benzene ring substituents is 2. The van der Waals surface area contributed by atoms with Gasteiger partial charge >= 0.3 is 11.9 Å². The Morgan fingerprint density at radius 2 is 0.873 bits per heavy atom. The van der Waals surface area contributed by atoms with Gasteiger partial charge in [-0.2, -0.15) is 0 Å². The second-order valence-corrected chi connectivity index (χ2v) is 20.5. The number of benzene rings is 4. The molecule has 2 aliphatic carbocycles. The van der Waals surface area contributed by atoms with E-state index in [1.807, 2.05) is 0 Å². The molecule has 0 bridgehead atoms. The number of hydrogen-bond donors (Lipinski definition) is 0. The molecule has 0 heterocycles. The van der Waals surface area contributed by atoms with Crippen LogP contribution in [0.4, 0.5) is 11.4 Å². The van der Waals surface area contributed by atoms with Crippen molar-refractivity contribution in [3.05, 3.63) is 140 Å². The van der Waals surface area contributed by atoms with Crippen LogP contribution in [0.15, 0.2) is 97.1 Å². The lowest BCUT2D eigenvalue weighted by molar-refractivity contribution is -0.385. The van der Waals surface area contributed by atoms with Crippen molar-refractivity contribution in [1.29, 1.82) is 0 Å². The first kappa shape index (κ1) is 54.6. The third-order valence-corrected chi connectivity index (χ3v) is 14.9. The summed E-state index contributed by atoms with van der Waals surface area (Å²) in [5.74, 6) is 3.94. The predicted octanol–water partition coefficient (Wildman–Crippen LogP) is 14.8. The highest BCUT2D eigenvalue weighted by atomic mass is 16.6. The molecule has 0 saturated heterocycles. The second kappa shape index (κ2) is 28.9. The SMILES string of the molecule is CCCC1CCC(c2ccc(OCCCCCC(=O)OCC(COC(=O)CCCCCOc3ccc(C4CCC(CCC)CC4)cc3)(Cc3ccc([N+](=O)[O-])cc3)Cc3ccc([N+](=O)[O-])cc3)cc2)CC1. The molecular weight excluding hydrogens is 897 g/mol. The minimum Gasteiger partial charge on any atom is -0.494 e. The van der Waals surface area contributed by atoms with Crippen molar-refractivity contribution in [3.63, 3.8) is 0 Å². The lowest BCUT2D eigenvalue weighted by Crippen LogP contribution is -2.39. The Kier molecular flexibility index (Phi) is 22.2. The zero-order chi connectivity index (χ0) is 50.3. The van der Waals surface area contributed by atoms with E-state index in [0.29, 0.717) is 37.9 Å². The molecule has 12 nitrogen and oxygen atoms in total. The summed E-state index contributed by atoms with van der Waals surface area (Å²) in [4.78, 5) is 48.7. The standard InChI is InChI=1S/C59H78N2O10/c1-3-11-45-15-23-49(24-16-45)51-27-35-55(36-28-51)68-39-9-5-7-13-57(62)70-43-59(41-47-19-31-53(32-20-47)60(64)65,42-48-21-33-54(34-22-48)61(66)67)44-71-58(63)14-8-6-10-40-69-56-37-29-52(30-38-56)50-25-17-46(12-4-2)18-26-50/h19-22,27-38,45-46,49-50H,3-18,23-26,39-44H2,1-2H3. The summed E-state index contributed by atoms with van der Waals surface area (Å²) < 4.78 is 24.1. The van der Waals surface area contributed by atoms with E-state index in [2.05, 4.69) is 62.4 Å². The number of esters is 2. The van der Waals surface area contributed by atoms with Crippen molar-refractivity contribution in [3.8, 4) is 11.5 Å². The van der Waals surface area contributed by atoms with Crippen LogP contribution in [0.2, 0.25) is 0 Å². The third-order valence-electron chi connectivity index (χ3n) is 14.9. The van der Waals surface area contributed by atoms with E-state index in [1.165, 1.54) is 112 Å². The molecule has 384 valence electrons. The van der Waals surface area contributed by atoms with E-state index < -0.39 is 27.2 Å². The highest BCUT2D eigenvalue weighted by Gasteiger charge is 2.35. The van der Waals surface area contributed by atoms with Gasteiger partial charge in [-0.3, -0.25) is 29.8 Å². The minimum absolute atomic E-state index is 0.0654. The zero-order valence-corrected chi connectivity index (χ0v) is 42.4. The van der Waals surface area contributed by atoms with Crippen LogP contribution in [0, 0.1) is 37.5 Å². The number of unbranched alkanes of at least 4 members (excludes halogenated alkanes) is 4. The van der Waals surface area contributed by atoms with E-state index >= 15 is 0 Å². The van der Waals surface area contributed by atoms with Crippen LogP contribution >= 0.6 is 0 Å². The molecule has 0 aromatic heterocycles. The lowest BCUT2D eigenvalue weighted by Gasteiger charge is -2.33. The Morgan fingerprint density at radius 1 is 0.507 bits per heavy atom. The number of carbonyl (C=O) groups is 2. The van der Waals surface area contributed by atoms with Crippen molar-refractivity contribution < 1.29 is 38.4 Å². The zero-order valence-electron chi connectivity index (χ0n) is 42.4. The molecule has 4 aromatic carbocycles. The summed E-state index contributed by atoms with van der Waals surface area (Å²) >= 11 is 0. The molecule has 0 atom stereocenters. The fourth-order valence-electron chi connectivity index (χ4n) is 10.8. The number of carbonyl (C=O) groups excluding carboxylic acids is 2. The summed E-state index contributed by atoms with van der Waals surface area (Å²) in [5.41, 5.74) is 3.11. The summed E-state index contributed by atoms with van der Waals surface area (Å²) in [6, 6.07) is 29.4. The van der Waals surface area contributed by atoms with E-state index in [0.717, 1.165) is 60.1 Å². The molecular formula is C59H78N2O10. The van der Waals surface area contributed by atoms with Crippen LogP contribution in [0.25, 0.3) is 0 Å². The Morgan fingerprint density at radius 3 is 1.21 bits per heavy atom. The monoisotopic (exact) mass is 975 g/mol. The summed E-state index contributed by atoms with van der Waals surface area (Å²) in [5, 5.41) is 23.0. The fraction of sp³-hybridized carbons (Fsp3) is 0.559. The molecule has 4 aromatic rings. The lowest BCUT2D eigenvalue weighted by atomic mass is 9.77. The number of nitro groups is 2. The van der Waals surface area contributed by atoms with Crippen molar-refractivity contribution in [2.75, 3.05) is 26.4 Å². The van der Waals surface area contributed by atoms with Gasteiger partial charge in [0.05, 0.1) is 23.1 Å². The Labute approximate surface area is 421 Å². The maximum atomic E-state index is 13.3. The second-order valence-electron chi connectivity index (χ2n) is 20.5. The van der Waals surface area contributed by atoms with E-state index in [1.54, 1.807) is 24.3 Å². The van der Waals surface area contributed by atoms with E-state index in [-0.39, 0.29) is 50.3 Å². The maximum Gasteiger partial charge on any atom is 0.305 e. The molecule has 0 N–H and O–H groups in total. The number of nitrogens with zero attached hydrogens (tertiary/aromatic N) is 2. The summed E-state index contributed by atoms with van der Waals surface area (Å²) in [6.07, 6.45) is 20.7. The van der Waals surface area contributed by atoms with Crippen LogP contribution in [0.3, 0.4) is 0 Å². The van der Waals surface area contributed by atoms with Gasteiger partial charge < -0.3 is 18.9 Å². The summed E-state index contributed by atoms with van der Waals surface area (Å²) in [7, 11) is 0. The minimum atomic E-state index is -0.993. The van der Waals surface area contributed by atoms with Crippen LogP contribution in [0.1, 0.15) is 176 Å². The molecule has 0 unspecified atom stereocenters. The van der Waals surface area contributed by atoms with Gasteiger partial charge in [0.2, 0.25) is 0 Å².